The zero-order valence-corrected chi connectivity index (χ0v) is 16.0. The van der Waals surface area contributed by atoms with Gasteiger partial charge < -0.3 is 10.5 Å². The van der Waals surface area contributed by atoms with Crippen molar-refractivity contribution in [1.29, 1.82) is 0 Å². The van der Waals surface area contributed by atoms with Gasteiger partial charge in [-0.1, -0.05) is 13.0 Å². The quantitative estimate of drug-likeness (QED) is 0.688. The summed E-state index contributed by atoms with van der Waals surface area (Å²) in [6.07, 6.45) is 5.02. The van der Waals surface area contributed by atoms with E-state index in [4.69, 9.17) is 10.5 Å². The van der Waals surface area contributed by atoms with Gasteiger partial charge in [0, 0.05) is 29.9 Å². The normalized spacial score (nSPS) is 16.4. The molecule has 1 fully saturated rings. The Morgan fingerprint density at radius 1 is 1.33 bits per heavy atom. The van der Waals surface area contributed by atoms with Gasteiger partial charge in [-0.2, -0.15) is 0 Å². The first kappa shape index (κ1) is 17.9. The Kier molecular flexibility index (Phi) is 4.17. The highest BCUT2D eigenvalue weighted by Crippen LogP contribution is 2.29. The molecule has 3 aromatic rings. The van der Waals surface area contributed by atoms with Crippen LogP contribution in [0.25, 0.3) is 16.9 Å². The maximum atomic E-state index is 12.8. The summed E-state index contributed by atoms with van der Waals surface area (Å²) in [7, 11) is -3.63. The minimum Gasteiger partial charge on any atom is -0.381 e. The Morgan fingerprint density at radius 2 is 2.11 bits per heavy atom. The summed E-state index contributed by atoms with van der Waals surface area (Å²) in [6.45, 7) is 5.39. The van der Waals surface area contributed by atoms with Crippen LogP contribution in [0, 0.1) is 12.3 Å². The zero-order chi connectivity index (χ0) is 19.2. The van der Waals surface area contributed by atoms with Crippen molar-refractivity contribution in [2.45, 2.75) is 18.7 Å². The topological polar surface area (TPSA) is 112 Å². The van der Waals surface area contributed by atoms with Crippen LogP contribution >= 0.6 is 0 Å². The van der Waals surface area contributed by atoms with Crippen LogP contribution < -0.4 is 10.5 Å². The van der Waals surface area contributed by atoms with E-state index < -0.39 is 10.0 Å². The molecular formula is C18H21N5O3S. The van der Waals surface area contributed by atoms with Crippen LogP contribution in [-0.2, 0) is 14.8 Å². The maximum absolute atomic E-state index is 12.8. The summed E-state index contributed by atoms with van der Waals surface area (Å²) in [5, 5.41) is 0. The predicted molar refractivity (Wildman–Crippen MR) is 102 cm³/mol. The number of nitrogen functional groups attached to an aromatic ring is 1. The molecule has 1 aromatic carbocycles. The fourth-order valence-corrected chi connectivity index (χ4v) is 4.31. The van der Waals surface area contributed by atoms with E-state index in [-0.39, 0.29) is 10.3 Å². The Bertz CT molecular complexity index is 1120. The molecular weight excluding hydrogens is 366 g/mol. The Balaban J connectivity index is 1.72. The SMILES string of the molecule is Cc1ccc(S(=O)(=O)NCC2(C)COC2)cc1-c1cnc2c(N)nccn12. The van der Waals surface area contributed by atoms with Gasteiger partial charge in [0.05, 0.1) is 30.0 Å². The summed E-state index contributed by atoms with van der Waals surface area (Å²) in [5.41, 5.74) is 8.73. The van der Waals surface area contributed by atoms with Crippen molar-refractivity contribution in [3.63, 3.8) is 0 Å². The van der Waals surface area contributed by atoms with Crippen LogP contribution in [0.15, 0.2) is 41.7 Å². The Labute approximate surface area is 157 Å². The van der Waals surface area contributed by atoms with Crippen LogP contribution in [0.3, 0.4) is 0 Å². The van der Waals surface area contributed by atoms with Crippen molar-refractivity contribution in [1.82, 2.24) is 19.1 Å². The third kappa shape index (κ3) is 3.18. The van der Waals surface area contributed by atoms with Crippen LogP contribution in [0.5, 0.6) is 0 Å². The minimum atomic E-state index is -3.63. The van der Waals surface area contributed by atoms with Gasteiger partial charge in [-0.05, 0) is 24.6 Å². The molecule has 0 amide bonds. The standard InChI is InChI=1S/C18H21N5O3S/c1-12-3-4-13(27(24,25)22-9-18(2)10-26-11-18)7-14(12)15-8-21-17-16(19)20-5-6-23(15)17/h3-8,22H,9-11H2,1-2H3,(H2,19,20). The molecule has 3 N–H and O–H groups in total. The lowest BCUT2D eigenvalue weighted by Crippen LogP contribution is -2.48. The molecule has 3 heterocycles. The monoisotopic (exact) mass is 387 g/mol. The molecule has 0 atom stereocenters. The number of rotatable bonds is 5. The summed E-state index contributed by atoms with van der Waals surface area (Å²) in [6, 6.07) is 5.07. The molecule has 8 nitrogen and oxygen atoms in total. The number of nitrogens with zero attached hydrogens (tertiary/aromatic N) is 3. The molecule has 4 rings (SSSR count). The van der Waals surface area contributed by atoms with Gasteiger partial charge in [0.15, 0.2) is 11.5 Å². The molecule has 0 saturated carbocycles. The van der Waals surface area contributed by atoms with Crippen molar-refractivity contribution in [2.75, 3.05) is 25.5 Å². The average Bonchev–Trinajstić information content (AvgIpc) is 3.04. The van der Waals surface area contributed by atoms with Crippen molar-refractivity contribution in [2.24, 2.45) is 5.41 Å². The lowest BCUT2D eigenvalue weighted by atomic mass is 9.89. The summed E-state index contributed by atoms with van der Waals surface area (Å²) < 4.78 is 35.2. The smallest absolute Gasteiger partial charge is 0.240 e. The van der Waals surface area contributed by atoms with E-state index in [9.17, 15) is 8.42 Å². The lowest BCUT2D eigenvalue weighted by Gasteiger charge is -2.37. The highest BCUT2D eigenvalue weighted by molar-refractivity contribution is 7.89. The van der Waals surface area contributed by atoms with E-state index in [1.807, 2.05) is 13.8 Å². The molecule has 142 valence electrons. The van der Waals surface area contributed by atoms with E-state index in [0.29, 0.717) is 31.2 Å². The highest BCUT2D eigenvalue weighted by Gasteiger charge is 2.34. The van der Waals surface area contributed by atoms with Crippen molar-refractivity contribution in [3.05, 3.63) is 42.4 Å². The van der Waals surface area contributed by atoms with Gasteiger partial charge in [-0.25, -0.2) is 23.1 Å². The summed E-state index contributed by atoms with van der Waals surface area (Å²) in [4.78, 5) is 8.56. The number of imidazole rings is 1. The highest BCUT2D eigenvalue weighted by atomic mass is 32.2. The van der Waals surface area contributed by atoms with Gasteiger partial charge in [0.25, 0.3) is 0 Å². The number of benzene rings is 1. The van der Waals surface area contributed by atoms with Gasteiger partial charge >= 0.3 is 0 Å². The molecule has 0 aliphatic carbocycles. The first-order chi connectivity index (χ1) is 12.8. The number of aryl methyl sites for hydroxylation is 1. The Hall–Kier alpha value is -2.49. The second kappa shape index (κ2) is 6.29. The molecule has 27 heavy (non-hydrogen) atoms. The molecule has 0 radical (unpaired) electrons. The van der Waals surface area contributed by atoms with Crippen molar-refractivity contribution >= 4 is 21.5 Å². The van der Waals surface area contributed by atoms with Crippen LogP contribution in [0.2, 0.25) is 0 Å². The van der Waals surface area contributed by atoms with Crippen molar-refractivity contribution in [3.8, 4) is 11.3 Å². The Morgan fingerprint density at radius 3 is 2.81 bits per heavy atom. The molecule has 2 aromatic heterocycles. The average molecular weight is 387 g/mol. The molecule has 9 heteroatoms. The minimum absolute atomic E-state index is 0.146. The molecule has 0 bridgehead atoms. The lowest BCUT2D eigenvalue weighted by molar-refractivity contribution is -0.0965. The van der Waals surface area contributed by atoms with E-state index in [0.717, 1.165) is 16.8 Å². The number of ether oxygens (including phenoxy) is 1. The van der Waals surface area contributed by atoms with Crippen LogP contribution in [0.4, 0.5) is 5.82 Å². The van der Waals surface area contributed by atoms with Crippen molar-refractivity contribution < 1.29 is 13.2 Å². The number of nitrogens with two attached hydrogens (primary N) is 1. The van der Waals surface area contributed by atoms with Gasteiger partial charge in [0.1, 0.15) is 0 Å². The number of nitrogens with one attached hydrogen (secondary N) is 1. The van der Waals surface area contributed by atoms with E-state index >= 15 is 0 Å². The van der Waals surface area contributed by atoms with E-state index in [1.54, 1.807) is 41.2 Å². The first-order valence-corrected chi connectivity index (χ1v) is 10.0. The first-order valence-electron chi connectivity index (χ1n) is 8.55. The van der Waals surface area contributed by atoms with Gasteiger partial charge in [-0.3, -0.25) is 4.40 Å². The zero-order valence-electron chi connectivity index (χ0n) is 15.1. The summed E-state index contributed by atoms with van der Waals surface area (Å²) in [5.74, 6) is 0.322. The third-order valence-corrected chi connectivity index (χ3v) is 6.24. The number of sulfonamides is 1. The second-order valence-corrected chi connectivity index (χ2v) is 9.02. The molecule has 1 aliphatic heterocycles. The van der Waals surface area contributed by atoms with Gasteiger partial charge in [-0.15, -0.1) is 0 Å². The maximum Gasteiger partial charge on any atom is 0.240 e. The molecule has 0 unspecified atom stereocenters. The number of anilines is 1. The predicted octanol–water partition coefficient (Wildman–Crippen LogP) is 1.60. The van der Waals surface area contributed by atoms with Gasteiger partial charge in [0.2, 0.25) is 10.0 Å². The largest absolute Gasteiger partial charge is 0.381 e. The van der Waals surface area contributed by atoms with E-state index in [1.165, 1.54) is 0 Å². The summed E-state index contributed by atoms with van der Waals surface area (Å²) >= 11 is 0. The van der Waals surface area contributed by atoms with Crippen LogP contribution in [-0.4, -0.2) is 42.5 Å². The number of fused-ring (bicyclic) bond motifs is 1. The molecule has 1 aliphatic rings. The third-order valence-electron chi connectivity index (χ3n) is 4.84. The van der Waals surface area contributed by atoms with E-state index in [2.05, 4.69) is 14.7 Å². The van der Waals surface area contributed by atoms with Crippen LogP contribution in [0.1, 0.15) is 12.5 Å². The number of aromatic nitrogens is 3. The fourth-order valence-electron chi connectivity index (χ4n) is 3.09. The molecule has 1 saturated heterocycles. The number of hydrogen-bond donors (Lipinski definition) is 2. The molecule has 0 spiro atoms. The fraction of sp³-hybridized carbons (Fsp3) is 0.333. The second-order valence-electron chi connectivity index (χ2n) is 7.25. The number of hydrogen-bond acceptors (Lipinski definition) is 6.